The molecule has 0 saturated carbocycles. The van der Waals surface area contributed by atoms with Gasteiger partial charge in [0.25, 0.3) is 0 Å². The third-order valence-electron chi connectivity index (χ3n) is 2.78. The molecule has 1 N–H and O–H groups in total. The van der Waals surface area contributed by atoms with Crippen LogP contribution in [0.3, 0.4) is 0 Å². The molecule has 1 aromatic carbocycles. The van der Waals surface area contributed by atoms with Crippen molar-refractivity contribution >= 4 is 27.5 Å². The summed E-state index contributed by atoms with van der Waals surface area (Å²) in [5.74, 6) is 0. The highest BCUT2D eigenvalue weighted by molar-refractivity contribution is 9.10. The Hall–Kier alpha value is -0.0900. The van der Waals surface area contributed by atoms with E-state index in [-0.39, 0.29) is 12.2 Å². The third kappa shape index (κ3) is 5.38. The Labute approximate surface area is 116 Å². The van der Waals surface area contributed by atoms with Crippen LogP contribution in [-0.2, 0) is 11.2 Å². The lowest BCUT2D eigenvalue weighted by molar-refractivity contribution is 0.0851. The lowest BCUT2D eigenvalue weighted by Crippen LogP contribution is -2.15. The highest BCUT2D eigenvalue weighted by Gasteiger charge is 2.10. The number of aliphatic hydroxyl groups excluding tert-OH is 1. The van der Waals surface area contributed by atoms with Gasteiger partial charge in [0.2, 0.25) is 0 Å². The lowest BCUT2D eigenvalue weighted by atomic mass is 10.0. The van der Waals surface area contributed by atoms with Crippen molar-refractivity contribution in [1.29, 1.82) is 0 Å². The summed E-state index contributed by atoms with van der Waals surface area (Å²) >= 11 is 9.46. The molecule has 0 aliphatic rings. The van der Waals surface area contributed by atoms with Crippen molar-refractivity contribution in [3.8, 4) is 0 Å². The number of rotatable bonds is 6. The van der Waals surface area contributed by atoms with Crippen molar-refractivity contribution in [3.05, 3.63) is 33.3 Å². The fourth-order valence-electron chi connectivity index (χ4n) is 1.59. The van der Waals surface area contributed by atoms with Gasteiger partial charge in [-0.15, -0.1) is 0 Å². The molecular formula is C13H18BrClO2. The van der Waals surface area contributed by atoms with Gasteiger partial charge in [0.05, 0.1) is 12.2 Å². The molecule has 1 rings (SSSR count). The van der Waals surface area contributed by atoms with E-state index in [1.807, 2.05) is 25.1 Å². The normalized spacial score (nSPS) is 14.6. The Bertz CT molecular complexity index is 357. The summed E-state index contributed by atoms with van der Waals surface area (Å²) in [6, 6.07) is 5.72. The van der Waals surface area contributed by atoms with Gasteiger partial charge in [-0.1, -0.05) is 33.6 Å². The van der Waals surface area contributed by atoms with E-state index in [0.717, 1.165) is 22.9 Å². The molecular weight excluding hydrogens is 303 g/mol. The molecule has 2 unspecified atom stereocenters. The minimum Gasteiger partial charge on any atom is -0.393 e. The summed E-state index contributed by atoms with van der Waals surface area (Å²) in [6.07, 6.45) is 1.98. The van der Waals surface area contributed by atoms with E-state index in [2.05, 4.69) is 15.9 Å². The number of benzene rings is 1. The number of hydrogen-bond acceptors (Lipinski definition) is 2. The second-order valence-corrected chi connectivity index (χ2v) is 5.54. The highest BCUT2D eigenvalue weighted by atomic mass is 79.9. The molecule has 0 bridgehead atoms. The van der Waals surface area contributed by atoms with Crippen molar-refractivity contribution in [2.75, 3.05) is 7.11 Å². The molecule has 0 saturated heterocycles. The zero-order valence-corrected chi connectivity index (χ0v) is 12.5. The van der Waals surface area contributed by atoms with Crippen LogP contribution >= 0.6 is 27.5 Å². The molecule has 4 heteroatoms. The van der Waals surface area contributed by atoms with Crippen LogP contribution in [0.2, 0.25) is 5.02 Å². The molecule has 0 fully saturated rings. The lowest BCUT2D eigenvalue weighted by Gasteiger charge is -2.14. The zero-order valence-electron chi connectivity index (χ0n) is 10.1. The molecule has 2 atom stereocenters. The van der Waals surface area contributed by atoms with Crippen molar-refractivity contribution in [1.82, 2.24) is 0 Å². The van der Waals surface area contributed by atoms with Crippen molar-refractivity contribution in [2.24, 2.45) is 0 Å². The van der Waals surface area contributed by atoms with Crippen LogP contribution in [0.4, 0.5) is 0 Å². The van der Waals surface area contributed by atoms with Crippen LogP contribution in [-0.4, -0.2) is 24.4 Å². The number of ether oxygens (including phenoxy) is 1. The Kier molecular flexibility index (Phi) is 6.49. The van der Waals surface area contributed by atoms with Gasteiger partial charge >= 0.3 is 0 Å². The topological polar surface area (TPSA) is 29.5 Å². The molecule has 96 valence electrons. The number of hydrogen-bond donors (Lipinski definition) is 1. The zero-order chi connectivity index (χ0) is 12.8. The molecule has 0 radical (unpaired) electrons. The SMILES string of the molecule is COC(C)CCC(O)Cc1ccc(Br)cc1Cl. The molecule has 1 aromatic rings. The fourth-order valence-corrected chi connectivity index (χ4v) is 2.34. The van der Waals surface area contributed by atoms with E-state index in [1.165, 1.54) is 0 Å². The fraction of sp³-hybridized carbons (Fsp3) is 0.538. The van der Waals surface area contributed by atoms with Crippen LogP contribution in [0.25, 0.3) is 0 Å². The maximum Gasteiger partial charge on any atom is 0.0582 e. The second-order valence-electron chi connectivity index (χ2n) is 4.22. The van der Waals surface area contributed by atoms with Crippen molar-refractivity contribution in [3.63, 3.8) is 0 Å². The Morgan fingerprint density at radius 1 is 1.41 bits per heavy atom. The maximum absolute atomic E-state index is 9.91. The second kappa shape index (κ2) is 7.37. The minimum absolute atomic E-state index is 0.185. The Balaban J connectivity index is 2.47. The standard InChI is InChI=1S/C13H18BrClO2/c1-9(17-2)3-6-12(16)7-10-4-5-11(14)8-13(10)15/h4-5,8-9,12,16H,3,6-7H2,1-2H3. The van der Waals surface area contributed by atoms with Gasteiger partial charge in [0, 0.05) is 16.6 Å². The van der Waals surface area contributed by atoms with E-state index >= 15 is 0 Å². The van der Waals surface area contributed by atoms with Gasteiger partial charge in [0.15, 0.2) is 0 Å². The first-order valence-electron chi connectivity index (χ1n) is 5.67. The van der Waals surface area contributed by atoms with Crippen LogP contribution in [0.15, 0.2) is 22.7 Å². The largest absolute Gasteiger partial charge is 0.393 e. The average Bonchev–Trinajstić information content (AvgIpc) is 2.29. The van der Waals surface area contributed by atoms with Crippen molar-refractivity contribution < 1.29 is 9.84 Å². The Morgan fingerprint density at radius 3 is 2.71 bits per heavy atom. The van der Waals surface area contributed by atoms with E-state index in [9.17, 15) is 5.11 Å². The average molecular weight is 322 g/mol. The summed E-state index contributed by atoms with van der Waals surface area (Å²) < 4.78 is 6.10. The summed E-state index contributed by atoms with van der Waals surface area (Å²) in [5, 5.41) is 10.6. The quantitative estimate of drug-likeness (QED) is 0.863. The first-order chi connectivity index (χ1) is 8.02. The van der Waals surface area contributed by atoms with Gasteiger partial charge in [0.1, 0.15) is 0 Å². The predicted molar refractivity (Wildman–Crippen MR) is 74.6 cm³/mol. The smallest absolute Gasteiger partial charge is 0.0582 e. The van der Waals surface area contributed by atoms with Crippen LogP contribution in [0.5, 0.6) is 0 Å². The molecule has 0 spiro atoms. The maximum atomic E-state index is 9.91. The highest BCUT2D eigenvalue weighted by Crippen LogP contribution is 2.23. The molecule has 17 heavy (non-hydrogen) atoms. The number of aliphatic hydroxyl groups is 1. The first kappa shape index (κ1) is 15.0. The van der Waals surface area contributed by atoms with Crippen LogP contribution in [0, 0.1) is 0 Å². The van der Waals surface area contributed by atoms with Gasteiger partial charge in [-0.3, -0.25) is 0 Å². The summed E-state index contributed by atoms with van der Waals surface area (Å²) in [5.41, 5.74) is 0.979. The van der Waals surface area contributed by atoms with Crippen LogP contribution < -0.4 is 0 Å². The number of methoxy groups -OCH3 is 1. The molecule has 2 nitrogen and oxygen atoms in total. The van der Waals surface area contributed by atoms with Crippen molar-refractivity contribution in [2.45, 2.75) is 38.4 Å². The third-order valence-corrected chi connectivity index (χ3v) is 3.62. The first-order valence-corrected chi connectivity index (χ1v) is 6.84. The summed E-state index contributed by atoms with van der Waals surface area (Å²) in [7, 11) is 1.68. The molecule has 0 aliphatic heterocycles. The van der Waals surface area contributed by atoms with E-state index in [0.29, 0.717) is 11.4 Å². The van der Waals surface area contributed by atoms with E-state index in [4.69, 9.17) is 16.3 Å². The summed E-state index contributed by atoms with van der Waals surface area (Å²) in [6.45, 7) is 2.00. The van der Waals surface area contributed by atoms with E-state index in [1.54, 1.807) is 7.11 Å². The monoisotopic (exact) mass is 320 g/mol. The van der Waals surface area contributed by atoms with Crippen LogP contribution in [0.1, 0.15) is 25.3 Å². The minimum atomic E-state index is -0.369. The van der Waals surface area contributed by atoms with E-state index < -0.39 is 0 Å². The molecule has 0 amide bonds. The van der Waals surface area contributed by atoms with Gasteiger partial charge in [-0.2, -0.15) is 0 Å². The Morgan fingerprint density at radius 2 is 2.12 bits per heavy atom. The molecule has 0 aromatic heterocycles. The molecule has 0 aliphatic carbocycles. The number of halogens is 2. The van der Waals surface area contributed by atoms with Gasteiger partial charge < -0.3 is 9.84 Å². The predicted octanol–water partition coefficient (Wildman–Crippen LogP) is 3.82. The molecule has 0 heterocycles. The summed E-state index contributed by atoms with van der Waals surface area (Å²) in [4.78, 5) is 0. The van der Waals surface area contributed by atoms with Gasteiger partial charge in [-0.25, -0.2) is 0 Å². The van der Waals surface area contributed by atoms with Gasteiger partial charge in [-0.05, 0) is 43.9 Å².